The van der Waals surface area contributed by atoms with E-state index < -0.39 is 14.9 Å². The highest BCUT2D eigenvalue weighted by atomic mass is 32.2. The molecule has 0 aromatic heterocycles. The second kappa shape index (κ2) is 6.59. The van der Waals surface area contributed by atoms with Crippen LogP contribution >= 0.6 is 0 Å². The van der Waals surface area contributed by atoms with E-state index >= 15 is 0 Å². The average molecular weight is 329 g/mol. The molecule has 0 aliphatic carbocycles. The number of nitro groups is 1. The highest BCUT2D eigenvalue weighted by molar-refractivity contribution is 7.89. The summed E-state index contributed by atoms with van der Waals surface area (Å²) in [6.07, 6.45) is 2.44. The third kappa shape index (κ3) is 3.06. The molecule has 1 fully saturated rings. The number of piperidine rings is 1. The average Bonchev–Trinajstić information content (AvgIpc) is 2.53. The summed E-state index contributed by atoms with van der Waals surface area (Å²) in [5.41, 5.74) is 5.40. The molecular formula is C13H19N3O5S. The fourth-order valence-corrected chi connectivity index (χ4v) is 4.35. The Hall–Kier alpha value is -1.71. The molecule has 2 rings (SSSR count). The quantitative estimate of drug-likeness (QED) is 0.639. The van der Waals surface area contributed by atoms with Crippen LogP contribution in [0, 0.1) is 10.1 Å². The van der Waals surface area contributed by atoms with E-state index in [-0.39, 0.29) is 28.9 Å². The Morgan fingerprint density at radius 3 is 2.77 bits per heavy atom. The fraction of sp³-hybridized carbons (Fsp3) is 0.538. The maximum absolute atomic E-state index is 12.8. The molecular weight excluding hydrogens is 310 g/mol. The summed E-state index contributed by atoms with van der Waals surface area (Å²) < 4.78 is 31.8. The van der Waals surface area contributed by atoms with Crippen LogP contribution in [-0.2, 0) is 10.0 Å². The Balaban J connectivity index is 2.42. The first kappa shape index (κ1) is 16.7. The second-order valence-corrected chi connectivity index (χ2v) is 6.98. The van der Waals surface area contributed by atoms with Crippen molar-refractivity contribution in [2.24, 2.45) is 5.73 Å². The van der Waals surface area contributed by atoms with E-state index in [2.05, 4.69) is 0 Å². The minimum Gasteiger partial charge on any atom is -0.490 e. The minimum absolute atomic E-state index is 0.0182. The lowest BCUT2D eigenvalue weighted by atomic mass is 10.1. The van der Waals surface area contributed by atoms with Gasteiger partial charge >= 0.3 is 5.69 Å². The van der Waals surface area contributed by atoms with Crippen LogP contribution in [0.2, 0.25) is 0 Å². The van der Waals surface area contributed by atoms with E-state index in [1.54, 1.807) is 0 Å². The number of hydrogen-bond acceptors (Lipinski definition) is 6. The monoisotopic (exact) mass is 329 g/mol. The molecule has 0 amide bonds. The first-order chi connectivity index (χ1) is 10.4. The number of rotatable bonds is 5. The lowest BCUT2D eigenvalue weighted by molar-refractivity contribution is -0.385. The van der Waals surface area contributed by atoms with Gasteiger partial charge in [-0.05, 0) is 18.9 Å². The summed E-state index contributed by atoms with van der Waals surface area (Å²) in [6.45, 7) is 0.660. The maximum atomic E-state index is 12.8. The molecule has 0 bridgehead atoms. The van der Waals surface area contributed by atoms with Crippen molar-refractivity contribution in [3.8, 4) is 5.75 Å². The van der Waals surface area contributed by atoms with Crippen LogP contribution in [0.4, 0.5) is 5.69 Å². The van der Waals surface area contributed by atoms with E-state index in [1.807, 2.05) is 0 Å². The molecule has 9 heteroatoms. The Kier molecular flexibility index (Phi) is 4.99. The lowest BCUT2D eigenvalue weighted by Gasteiger charge is -2.33. The molecule has 1 aliphatic heterocycles. The molecule has 1 saturated heterocycles. The van der Waals surface area contributed by atoms with Gasteiger partial charge < -0.3 is 10.5 Å². The molecule has 22 heavy (non-hydrogen) atoms. The molecule has 1 unspecified atom stereocenters. The topological polar surface area (TPSA) is 116 Å². The summed E-state index contributed by atoms with van der Waals surface area (Å²) in [7, 11) is -2.48. The molecule has 2 N–H and O–H groups in total. The third-order valence-corrected chi connectivity index (χ3v) is 5.75. The molecule has 0 spiro atoms. The largest absolute Gasteiger partial charge is 0.490 e. The zero-order valence-electron chi connectivity index (χ0n) is 12.3. The summed E-state index contributed by atoms with van der Waals surface area (Å²) in [5.74, 6) is -0.0765. The third-order valence-electron chi connectivity index (χ3n) is 3.80. The molecule has 1 heterocycles. The number of ether oxygens (including phenoxy) is 1. The zero-order chi connectivity index (χ0) is 16.3. The van der Waals surface area contributed by atoms with Crippen molar-refractivity contribution in [1.82, 2.24) is 4.31 Å². The van der Waals surface area contributed by atoms with Gasteiger partial charge in [-0.2, -0.15) is 4.31 Å². The molecule has 122 valence electrons. The summed E-state index contributed by atoms with van der Waals surface area (Å²) in [6, 6.07) is 3.33. The van der Waals surface area contributed by atoms with Gasteiger partial charge in [0.15, 0.2) is 5.75 Å². The van der Waals surface area contributed by atoms with Gasteiger partial charge in [-0.1, -0.05) is 6.42 Å². The van der Waals surface area contributed by atoms with Gasteiger partial charge in [-0.3, -0.25) is 10.1 Å². The first-order valence-corrected chi connectivity index (χ1v) is 8.40. The van der Waals surface area contributed by atoms with E-state index in [0.29, 0.717) is 6.54 Å². The van der Waals surface area contributed by atoms with Gasteiger partial charge in [0.05, 0.1) is 16.9 Å². The van der Waals surface area contributed by atoms with Gasteiger partial charge in [0.25, 0.3) is 0 Å². The van der Waals surface area contributed by atoms with Gasteiger partial charge in [0.1, 0.15) is 0 Å². The van der Waals surface area contributed by atoms with Crippen LogP contribution in [0.5, 0.6) is 5.75 Å². The minimum atomic E-state index is -3.75. The number of hydrogen-bond donors (Lipinski definition) is 1. The van der Waals surface area contributed by atoms with E-state index in [1.165, 1.54) is 23.5 Å². The van der Waals surface area contributed by atoms with Crippen LogP contribution in [0.1, 0.15) is 19.3 Å². The summed E-state index contributed by atoms with van der Waals surface area (Å²) in [5, 5.41) is 10.9. The molecule has 1 aromatic carbocycles. The van der Waals surface area contributed by atoms with Crippen molar-refractivity contribution in [3.63, 3.8) is 0 Å². The van der Waals surface area contributed by atoms with Crippen LogP contribution < -0.4 is 10.5 Å². The Bertz CT molecular complexity index is 662. The highest BCUT2D eigenvalue weighted by Crippen LogP contribution is 2.32. The van der Waals surface area contributed by atoms with Crippen molar-refractivity contribution in [3.05, 3.63) is 28.3 Å². The number of benzene rings is 1. The van der Waals surface area contributed by atoms with Gasteiger partial charge in [0.2, 0.25) is 10.0 Å². The van der Waals surface area contributed by atoms with Crippen molar-refractivity contribution >= 4 is 15.7 Å². The van der Waals surface area contributed by atoms with Gasteiger partial charge in [0, 0.05) is 31.3 Å². The predicted octanol–water partition coefficient (Wildman–Crippen LogP) is 1.11. The van der Waals surface area contributed by atoms with E-state index in [4.69, 9.17) is 10.5 Å². The normalized spacial score (nSPS) is 19.8. The Labute approximate surface area is 129 Å². The maximum Gasteiger partial charge on any atom is 0.310 e. The molecule has 0 radical (unpaired) electrons. The van der Waals surface area contributed by atoms with Crippen molar-refractivity contribution in [1.29, 1.82) is 0 Å². The Morgan fingerprint density at radius 1 is 1.45 bits per heavy atom. The molecule has 1 aromatic rings. The van der Waals surface area contributed by atoms with Gasteiger partial charge in [-0.15, -0.1) is 0 Å². The zero-order valence-corrected chi connectivity index (χ0v) is 13.1. The molecule has 0 saturated carbocycles. The van der Waals surface area contributed by atoms with Crippen molar-refractivity contribution in [2.45, 2.75) is 30.2 Å². The number of nitrogens with two attached hydrogens (primary N) is 1. The number of methoxy groups -OCH3 is 1. The van der Waals surface area contributed by atoms with Crippen LogP contribution in [0.15, 0.2) is 23.1 Å². The van der Waals surface area contributed by atoms with Crippen LogP contribution in [0.25, 0.3) is 0 Å². The summed E-state index contributed by atoms with van der Waals surface area (Å²) in [4.78, 5) is 10.3. The number of nitrogens with zero attached hydrogens (tertiary/aromatic N) is 2. The van der Waals surface area contributed by atoms with Crippen LogP contribution in [-0.4, -0.2) is 43.9 Å². The number of nitro benzene ring substituents is 1. The molecule has 1 atom stereocenters. The van der Waals surface area contributed by atoms with Crippen molar-refractivity contribution in [2.75, 3.05) is 20.2 Å². The second-order valence-electron chi connectivity index (χ2n) is 5.09. The van der Waals surface area contributed by atoms with E-state index in [0.717, 1.165) is 25.3 Å². The molecule has 1 aliphatic rings. The Morgan fingerprint density at radius 2 is 2.18 bits per heavy atom. The fourth-order valence-electron chi connectivity index (χ4n) is 2.63. The number of sulfonamides is 1. The van der Waals surface area contributed by atoms with Crippen LogP contribution in [0.3, 0.4) is 0 Å². The standard InChI is InChI=1S/C13H19N3O5S/c1-21-13-8-11(5-6-12(13)16(17)18)22(19,20)15-7-3-2-4-10(15)9-14/h5-6,8,10H,2-4,7,9,14H2,1H3. The predicted molar refractivity (Wildman–Crippen MR) is 80.2 cm³/mol. The summed E-state index contributed by atoms with van der Waals surface area (Å²) >= 11 is 0. The SMILES string of the molecule is COc1cc(S(=O)(=O)N2CCCCC2CN)ccc1[N+](=O)[O-]. The smallest absolute Gasteiger partial charge is 0.310 e. The molecule has 8 nitrogen and oxygen atoms in total. The van der Waals surface area contributed by atoms with E-state index in [9.17, 15) is 18.5 Å². The van der Waals surface area contributed by atoms with Crippen molar-refractivity contribution < 1.29 is 18.1 Å². The first-order valence-electron chi connectivity index (χ1n) is 6.96. The highest BCUT2D eigenvalue weighted by Gasteiger charge is 2.33. The lowest BCUT2D eigenvalue weighted by Crippen LogP contribution is -2.47. The van der Waals surface area contributed by atoms with Gasteiger partial charge in [-0.25, -0.2) is 8.42 Å².